The van der Waals surface area contributed by atoms with E-state index in [1.54, 1.807) is 17.6 Å². The second kappa shape index (κ2) is 8.93. The summed E-state index contributed by atoms with van der Waals surface area (Å²) in [7, 11) is 0. The van der Waals surface area contributed by atoms with E-state index < -0.39 is 17.9 Å². The van der Waals surface area contributed by atoms with E-state index in [9.17, 15) is 14.7 Å². The van der Waals surface area contributed by atoms with Crippen LogP contribution in [-0.2, 0) is 9.59 Å². The zero-order valence-electron chi connectivity index (χ0n) is 16.8. The van der Waals surface area contributed by atoms with Crippen molar-refractivity contribution in [2.45, 2.75) is 13.0 Å². The first-order valence-corrected chi connectivity index (χ1v) is 10.6. The molecule has 1 heterocycles. The quantitative estimate of drug-likeness (QED) is 0.358. The Morgan fingerprint density at radius 3 is 2.23 bits per heavy atom. The molecule has 0 fully saturated rings. The van der Waals surface area contributed by atoms with Crippen LogP contribution in [0.3, 0.4) is 0 Å². The van der Waals surface area contributed by atoms with E-state index in [2.05, 4.69) is 4.99 Å². The lowest BCUT2D eigenvalue weighted by Crippen LogP contribution is -2.25. The molecule has 1 amide bonds. The predicted molar refractivity (Wildman–Crippen MR) is 123 cm³/mol. The molecule has 0 aliphatic carbocycles. The Kier molecular flexibility index (Phi) is 5.91. The molecule has 1 unspecified atom stereocenters. The van der Waals surface area contributed by atoms with Gasteiger partial charge in [0.15, 0.2) is 4.80 Å². The number of carbonyl (C=O) groups excluding carboxylic acids is 1. The molecule has 4 rings (SSSR count). The molecule has 0 spiro atoms. The highest BCUT2D eigenvalue weighted by Crippen LogP contribution is 2.23. The van der Waals surface area contributed by atoms with Crippen molar-refractivity contribution in [2.24, 2.45) is 4.99 Å². The number of aliphatic carboxylic acids is 1. The number of carbonyl (C=O) groups is 2. The third-order valence-corrected chi connectivity index (χ3v) is 5.94. The monoisotopic (exact) mass is 428 g/mol. The van der Waals surface area contributed by atoms with Crippen molar-refractivity contribution >= 4 is 45.1 Å². The summed E-state index contributed by atoms with van der Waals surface area (Å²) in [6.45, 7) is 1.59. The van der Waals surface area contributed by atoms with Gasteiger partial charge in [-0.25, -0.2) is 4.79 Å². The standard InChI is InChI=1S/C25H20N2O3S/c1-17(24(29)30)27-21-14-8-9-15-22(21)31-25(27)26-23(28)20(19-12-6-3-7-13-19)16-18-10-4-2-5-11-18/h2-17H,1H3,(H,29,30). The highest BCUT2D eigenvalue weighted by atomic mass is 32.1. The number of aromatic nitrogens is 1. The summed E-state index contributed by atoms with van der Waals surface area (Å²) in [5, 5.41) is 9.60. The zero-order valence-corrected chi connectivity index (χ0v) is 17.6. The normalized spacial score (nSPS) is 13.3. The lowest BCUT2D eigenvalue weighted by atomic mass is 10.0. The molecule has 1 N–H and O–H groups in total. The molecule has 0 radical (unpaired) electrons. The van der Waals surface area contributed by atoms with Crippen LogP contribution in [0.15, 0.2) is 89.9 Å². The SMILES string of the molecule is CC(C(=O)O)n1c(=NC(=O)C(=Cc2ccccc2)c2ccccc2)sc2ccccc21. The minimum Gasteiger partial charge on any atom is -0.480 e. The fourth-order valence-corrected chi connectivity index (χ4v) is 4.40. The third-order valence-electron chi connectivity index (χ3n) is 4.90. The van der Waals surface area contributed by atoms with Gasteiger partial charge in [-0.1, -0.05) is 84.1 Å². The topological polar surface area (TPSA) is 71.7 Å². The lowest BCUT2D eigenvalue weighted by molar-refractivity contribution is -0.140. The van der Waals surface area contributed by atoms with Crippen molar-refractivity contribution < 1.29 is 14.7 Å². The fraction of sp³-hybridized carbons (Fsp3) is 0.0800. The molecule has 6 heteroatoms. The first kappa shape index (κ1) is 20.5. The number of thiazole rings is 1. The van der Waals surface area contributed by atoms with Crippen LogP contribution in [0.2, 0.25) is 0 Å². The summed E-state index contributed by atoms with van der Waals surface area (Å²) < 4.78 is 2.47. The smallest absolute Gasteiger partial charge is 0.326 e. The molecule has 4 aromatic rings. The van der Waals surface area contributed by atoms with Gasteiger partial charge in [-0.2, -0.15) is 4.99 Å². The molecule has 1 atom stereocenters. The Morgan fingerprint density at radius 1 is 0.935 bits per heavy atom. The molecule has 3 aromatic carbocycles. The van der Waals surface area contributed by atoms with Crippen molar-refractivity contribution in [1.82, 2.24) is 4.57 Å². The molecular weight excluding hydrogens is 408 g/mol. The van der Waals surface area contributed by atoms with Gasteiger partial charge in [0, 0.05) is 5.57 Å². The molecule has 0 saturated carbocycles. The van der Waals surface area contributed by atoms with Gasteiger partial charge in [-0.3, -0.25) is 4.79 Å². The van der Waals surface area contributed by atoms with Crippen LogP contribution in [0.25, 0.3) is 21.9 Å². The maximum Gasteiger partial charge on any atom is 0.326 e. The van der Waals surface area contributed by atoms with E-state index in [1.807, 2.05) is 84.9 Å². The molecule has 0 bridgehead atoms. The second-order valence-electron chi connectivity index (χ2n) is 6.99. The highest BCUT2D eigenvalue weighted by molar-refractivity contribution is 7.16. The number of hydrogen-bond acceptors (Lipinski definition) is 3. The van der Waals surface area contributed by atoms with Gasteiger partial charge in [-0.15, -0.1) is 0 Å². The van der Waals surface area contributed by atoms with E-state index in [4.69, 9.17) is 0 Å². The van der Waals surface area contributed by atoms with Gasteiger partial charge < -0.3 is 9.67 Å². The number of carboxylic acids is 1. The summed E-state index contributed by atoms with van der Waals surface area (Å²) in [4.78, 5) is 29.8. The van der Waals surface area contributed by atoms with E-state index in [1.165, 1.54) is 11.3 Å². The number of benzene rings is 3. The molecule has 0 aliphatic rings. The van der Waals surface area contributed by atoms with Crippen molar-refractivity contribution in [2.75, 3.05) is 0 Å². The van der Waals surface area contributed by atoms with Crippen LogP contribution in [0.5, 0.6) is 0 Å². The minimum absolute atomic E-state index is 0.357. The van der Waals surface area contributed by atoms with E-state index >= 15 is 0 Å². The van der Waals surface area contributed by atoms with E-state index in [0.29, 0.717) is 10.4 Å². The number of nitrogens with zero attached hydrogens (tertiary/aromatic N) is 2. The van der Waals surface area contributed by atoms with Gasteiger partial charge in [0.25, 0.3) is 5.91 Å². The number of para-hydroxylation sites is 1. The molecule has 0 saturated heterocycles. The second-order valence-corrected chi connectivity index (χ2v) is 8.00. The van der Waals surface area contributed by atoms with Crippen LogP contribution in [-0.4, -0.2) is 21.6 Å². The Labute approximate surface area is 183 Å². The van der Waals surface area contributed by atoms with Crippen molar-refractivity contribution in [1.29, 1.82) is 0 Å². The van der Waals surface area contributed by atoms with E-state index in [-0.39, 0.29) is 0 Å². The lowest BCUT2D eigenvalue weighted by Gasteiger charge is -2.10. The summed E-state index contributed by atoms with van der Waals surface area (Å²) in [6.07, 6.45) is 1.81. The maximum atomic E-state index is 13.3. The third kappa shape index (κ3) is 4.39. The van der Waals surface area contributed by atoms with Gasteiger partial charge in [0.1, 0.15) is 6.04 Å². The average molecular weight is 429 g/mol. The van der Waals surface area contributed by atoms with Crippen LogP contribution in [0.4, 0.5) is 0 Å². The Balaban J connectivity index is 1.89. The highest BCUT2D eigenvalue weighted by Gasteiger charge is 2.20. The first-order valence-electron chi connectivity index (χ1n) is 9.78. The van der Waals surface area contributed by atoms with Gasteiger partial charge >= 0.3 is 5.97 Å². The van der Waals surface area contributed by atoms with Crippen LogP contribution < -0.4 is 4.80 Å². The van der Waals surface area contributed by atoms with Crippen LogP contribution >= 0.6 is 11.3 Å². The predicted octanol–water partition coefficient (Wildman–Crippen LogP) is 5.02. The summed E-state index contributed by atoms with van der Waals surface area (Å²) in [6, 6.07) is 25.5. The van der Waals surface area contributed by atoms with Crippen molar-refractivity contribution in [3.8, 4) is 0 Å². The maximum absolute atomic E-state index is 13.3. The van der Waals surface area contributed by atoms with E-state index in [0.717, 1.165) is 21.3 Å². The molecule has 154 valence electrons. The number of hydrogen-bond donors (Lipinski definition) is 1. The number of amides is 1. The minimum atomic E-state index is -0.986. The Morgan fingerprint density at radius 2 is 1.55 bits per heavy atom. The number of rotatable bonds is 5. The van der Waals surface area contributed by atoms with Gasteiger partial charge in [0.05, 0.1) is 10.2 Å². The molecule has 31 heavy (non-hydrogen) atoms. The first-order chi connectivity index (χ1) is 15.0. The average Bonchev–Trinajstić information content (AvgIpc) is 3.15. The van der Waals surface area contributed by atoms with Gasteiger partial charge in [0.2, 0.25) is 0 Å². The molecular formula is C25H20N2O3S. The van der Waals surface area contributed by atoms with Crippen LogP contribution in [0.1, 0.15) is 24.1 Å². The molecule has 1 aromatic heterocycles. The Bertz CT molecular complexity index is 1340. The summed E-state index contributed by atoms with van der Waals surface area (Å²) in [5.74, 6) is -1.41. The Hall–Kier alpha value is -3.77. The van der Waals surface area contributed by atoms with Crippen molar-refractivity contribution in [3.63, 3.8) is 0 Å². The van der Waals surface area contributed by atoms with Crippen molar-refractivity contribution in [3.05, 3.63) is 101 Å². The fourth-order valence-electron chi connectivity index (χ4n) is 3.30. The number of fused-ring (bicyclic) bond motifs is 1. The van der Waals surface area contributed by atoms with Crippen LogP contribution in [0, 0.1) is 0 Å². The molecule has 0 aliphatic heterocycles. The summed E-state index contributed by atoms with van der Waals surface area (Å²) in [5.41, 5.74) is 2.81. The molecule has 5 nitrogen and oxygen atoms in total. The number of carboxylic acid groups (broad SMARTS) is 1. The largest absolute Gasteiger partial charge is 0.480 e. The summed E-state index contributed by atoms with van der Waals surface area (Å²) >= 11 is 1.30. The zero-order chi connectivity index (χ0) is 21.8. The van der Waals surface area contributed by atoms with Gasteiger partial charge in [-0.05, 0) is 36.3 Å².